The van der Waals surface area contributed by atoms with Gasteiger partial charge in [0.1, 0.15) is 12.1 Å². The highest BCUT2D eigenvalue weighted by Gasteiger charge is 2.18. The van der Waals surface area contributed by atoms with Gasteiger partial charge in [0.2, 0.25) is 0 Å². The van der Waals surface area contributed by atoms with Crippen LogP contribution >= 0.6 is 11.6 Å². The summed E-state index contributed by atoms with van der Waals surface area (Å²) in [5, 5.41) is 16.5. The number of esters is 1. The topological polar surface area (TPSA) is 120 Å². The van der Waals surface area contributed by atoms with Crippen molar-refractivity contribution < 1.29 is 19.1 Å². The average Bonchev–Trinajstić information content (AvgIpc) is 2.67. The van der Waals surface area contributed by atoms with E-state index in [0.717, 1.165) is 0 Å². The molecule has 0 aliphatic carbocycles. The van der Waals surface area contributed by atoms with Crippen LogP contribution in [0.4, 0.5) is 16.2 Å². The van der Waals surface area contributed by atoms with Crippen LogP contribution in [0.25, 0.3) is 0 Å². The van der Waals surface area contributed by atoms with Gasteiger partial charge < -0.3 is 20.7 Å². The molecule has 1 atom stereocenters. The molecule has 0 bridgehead atoms. The van der Waals surface area contributed by atoms with E-state index in [0.29, 0.717) is 11.4 Å². The van der Waals surface area contributed by atoms with Gasteiger partial charge in [-0.05, 0) is 37.3 Å². The third kappa shape index (κ3) is 6.30. The van der Waals surface area contributed by atoms with E-state index in [1.54, 1.807) is 30.3 Å². The van der Waals surface area contributed by atoms with E-state index in [1.165, 1.54) is 25.1 Å². The smallest absolute Gasteiger partial charge is 0.328 e. The number of para-hydroxylation sites is 1. The quantitative estimate of drug-likeness (QED) is 0.644. The van der Waals surface area contributed by atoms with Crippen LogP contribution in [0.15, 0.2) is 48.5 Å². The first-order valence-electron chi connectivity index (χ1n) is 8.17. The van der Waals surface area contributed by atoms with Gasteiger partial charge in [0.25, 0.3) is 5.91 Å². The lowest BCUT2D eigenvalue weighted by molar-refractivity contribution is -0.148. The van der Waals surface area contributed by atoms with Gasteiger partial charge in [-0.15, -0.1) is 0 Å². The number of nitriles is 1. The first-order valence-corrected chi connectivity index (χ1v) is 8.55. The lowest BCUT2D eigenvalue weighted by Crippen LogP contribution is -2.42. The van der Waals surface area contributed by atoms with Crippen LogP contribution in [0.5, 0.6) is 0 Å². The summed E-state index contributed by atoms with van der Waals surface area (Å²) in [5.74, 6) is -1.36. The van der Waals surface area contributed by atoms with Crippen molar-refractivity contribution in [2.75, 3.05) is 17.2 Å². The second kappa shape index (κ2) is 9.94. The predicted octanol–water partition coefficient (Wildman–Crippen LogP) is 2.90. The summed E-state index contributed by atoms with van der Waals surface area (Å²) in [4.78, 5) is 35.6. The molecule has 0 heterocycles. The third-order valence-corrected chi connectivity index (χ3v) is 3.76. The van der Waals surface area contributed by atoms with Crippen molar-refractivity contribution in [3.8, 4) is 6.07 Å². The van der Waals surface area contributed by atoms with E-state index in [4.69, 9.17) is 21.6 Å². The highest BCUT2D eigenvalue weighted by molar-refractivity contribution is 6.32. The summed E-state index contributed by atoms with van der Waals surface area (Å²) in [6, 6.07) is 13.5. The highest BCUT2D eigenvalue weighted by atomic mass is 35.5. The molecular weight excluding hydrogens is 384 g/mol. The molecule has 0 saturated heterocycles. The van der Waals surface area contributed by atoms with E-state index in [9.17, 15) is 14.4 Å². The number of carbonyl (C=O) groups excluding carboxylic acids is 3. The molecule has 0 radical (unpaired) electrons. The monoisotopic (exact) mass is 400 g/mol. The number of urea groups is 1. The Balaban J connectivity index is 1.77. The fraction of sp³-hybridized carbons (Fsp3) is 0.158. The third-order valence-electron chi connectivity index (χ3n) is 3.45. The molecule has 28 heavy (non-hydrogen) atoms. The number of halogens is 1. The normalized spacial score (nSPS) is 10.9. The summed E-state index contributed by atoms with van der Waals surface area (Å²) >= 11 is 5.88. The number of benzene rings is 2. The first kappa shape index (κ1) is 20.7. The van der Waals surface area contributed by atoms with Gasteiger partial charge >= 0.3 is 12.0 Å². The Morgan fingerprint density at radius 1 is 1.11 bits per heavy atom. The Morgan fingerprint density at radius 2 is 1.82 bits per heavy atom. The second-order valence-corrected chi connectivity index (χ2v) is 6.06. The number of hydrogen-bond acceptors (Lipinski definition) is 5. The maximum Gasteiger partial charge on any atom is 0.328 e. The fourth-order valence-corrected chi connectivity index (χ4v) is 2.31. The minimum atomic E-state index is -0.958. The standard InChI is InChI=1S/C19H17ClN4O4/c1-12(22-19(27)24-14-5-3-2-4-6-14)18(26)28-11-17(25)23-15-8-7-13(10-21)16(20)9-15/h2-9,12H,11H2,1H3,(H,23,25)(H2,22,24,27)/t12-/m0/s1. The Labute approximate surface area is 166 Å². The summed E-state index contributed by atoms with van der Waals surface area (Å²) in [5.41, 5.74) is 1.21. The Morgan fingerprint density at radius 3 is 2.46 bits per heavy atom. The molecule has 0 aliphatic heterocycles. The minimum Gasteiger partial charge on any atom is -0.454 e. The van der Waals surface area contributed by atoms with E-state index in [-0.39, 0.29) is 10.6 Å². The van der Waals surface area contributed by atoms with E-state index < -0.39 is 30.6 Å². The minimum absolute atomic E-state index is 0.194. The van der Waals surface area contributed by atoms with E-state index in [1.807, 2.05) is 6.07 Å². The van der Waals surface area contributed by atoms with Crippen LogP contribution in [0, 0.1) is 11.3 Å². The Kier molecular flexibility index (Phi) is 7.37. The van der Waals surface area contributed by atoms with Gasteiger partial charge in [0.05, 0.1) is 10.6 Å². The molecule has 144 valence electrons. The number of anilines is 2. The van der Waals surface area contributed by atoms with Crippen LogP contribution in [-0.2, 0) is 14.3 Å². The zero-order valence-corrected chi connectivity index (χ0v) is 15.6. The van der Waals surface area contributed by atoms with Crippen molar-refractivity contribution >= 4 is 40.9 Å². The van der Waals surface area contributed by atoms with E-state index >= 15 is 0 Å². The molecule has 0 unspecified atom stereocenters. The van der Waals surface area contributed by atoms with Crippen LogP contribution in [0.1, 0.15) is 12.5 Å². The number of rotatable bonds is 6. The number of ether oxygens (including phenoxy) is 1. The zero-order valence-electron chi connectivity index (χ0n) is 14.9. The molecule has 9 heteroatoms. The highest BCUT2D eigenvalue weighted by Crippen LogP contribution is 2.20. The predicted molar refractivity (Wildman–Crippen MR) is 104 cm³/mol. The summed E-state index contributed by atoms with van der Waals surface area (Å²) in [6.45, 7) is 0.897. The maximum absolute atomic E-state index is 11.9. The second-order valence-electron chi connectivity index (χ2n) is 5.65. The largest absolute Gasteiger partial charge is 0.454 e. The molecule has 2 rings (SSSR count). The fourth-order valence-electron chi connectivity index (χ4n) is 2.09. The molecule has 2 aromatic carbocycles. The molecule has 0 fully saturated rings. The maximum atomic E-state index is 11.9. The van der Waals surface area contributed by atoms with Gasteiger partial charge in [-0.2, -0.15) is 5.26 Å². The lowest BCUT2D eigenvalue weighted by Gasteiger charge is -2.14. The Bertz CT molecular complexity index is 912. The number of carbonyl (C=O) groups is 3. The van der Waals surface area contributed by atoms with Crippen LogP contribution in [0.3, 0.4) is 0 Å². The molecule has 0 saturated carbocycles. The average molecular weight is 401 g/mol. The number of hydrogen-bond donors (Lipinski definition) is 3. The molecule has 0 spiro atoms. The van der Waals surface area contributed by atoms with Gasteiger partial charge in [0, 0.05) is 11.4 Å². The van der Waals surface area contributed by atoms with Crippen LogP contribution in [-0.4, -0.2) is 30.6 Å². The summed E-state index contributed by atoms with van der Waals surface area (Å²) in [7, 11) is 0. The molecular formula is C19H17ClN4O4. The number of nitrogens with one attached hydrogen (secondary N) is 3. The van der Waals surface area contributed by atoms with Crippen LogP contribution < -0.4 is 16.0 Å². The summed E-state index contributed by atoms with van der Waals surface area (Å²) < 4.78 is 4.89. The summed E-state index contributed by atoms with van der Waals surface area (Å²) in [6.07, 6.45) is 0. The molecule has 8 nitrogen and oxygen atoms in total. The molecule has 0 aliphatic rings. The van der Waals surface area contributed by atoms with Gasteiger partial charge in [-0.25, -0.2) is 9.59 Å². The van der Waals surface area contributed by atoms with Crippen molar-refractivity contribution in [3.63, 3.8) is 0 Å². The van der Waals surface area contributed by atoms with Gasteiger partial charge in [-0.3, -0.25) is 4.79 Å². The van der Waals surface area contributed by atoms with Crippen LogP contribution in [0.2, 0.25) is 5.02 Å². The molecule has 3 amide bonds. The van der Waals surface area contributed by atoms with Crippen molar-refractivity contribution in [1.29, 1.82) is 5.26 Å². The number of amides is 3. The van der Waals surface area contributed by atoms with Gasteiger partial charge in [-0.1, -0.05) is 29.8 Å². The van der Waals surface area contributed by atoms with Crippen molar-refractivity contribution in [2.24, 2.45) is 0 Å². The first-order chi connectivity index (χ1) is 13.4. The van der Waals surface area contributed by atoms with E-state index in [2.05, 4.69) is 16.0 Å². The van der Waals surface area contributed by atoms with Gasteiger partial charge in [0.15, 0.2) is 6.61 Å². The van der Waals surface area contributed by atoms with Crippen molar-refractivity contribution in [3.05, 3.63) is 59.1 Å². The zero-order chi connectivity index (χ0) is 20.5. The van der Waals surface area contributed by atoms with Crippen molar-refractivity contribution in [1.82, 2.24) is 5.32 Å². The SMILES string of the molecule is C[C@H](NC(=O)Nc1ccccc1)C(=O)OCC(=O)Nc1ccc(C#N)c(Cl)c1. The number of nitrogens with zero attached hydrogens (tertiary/aromatic N) is 1. The van der Waals surface area contributed by atoms with Crippen molar-refractivity contribution in [2.45, 2.75) is 13.0 Å². The molecule has 3 N–H and O–H groups in total. The lowest BCUT2D eigenvalue weighted by atomic mass is 10.2. The molecule has 2 aromatic rings. The molecule has 0 aromatic heterocycles. The Hall–Kier alpha value is -3.57.